The fourth-order valence-corrected chi connectivity index (χ4v) is 2.73. The van der Waals surface area contributed by atoms with Crippen LogP contribution in [0.25, 0.3) is 11.3 Å². The van der Waals surface area contributed by atoms with Crippen molar-refractivity contribution >= 4 is 17.5 Å². The molecule has 1 fully saturated rings. The van der Waals surface area contributed by atoms with Gasteiger partial charge in [0.1, 0.15) is 5.56 Å². The predicted molar refractivity (Wildman–Crippen MR) is 96.3 cm³/mol. The van der Waals surface area contributed by atoms with Crippen LogP contribution < -0.4 is 0 Å². The van der Waals surface area contributed by atoms with Gasteiger partial charge in [-0.15, -0.1) is 0 Å². The molecule has 0 atom stereocenters. The summed E-state index contributed by atoms with van der Waals surface area (Å²) in [6.07, 6.45) is 7.12. The molecule has 6 heteroatoms. The first kappa shape index (κ1) is 17.2. The third kappa shape index (κ3) is 4.45. The van der Waals surface area contributed by atoms with Crippen LogP contribution in [0.3, 0.4) is 0 Å². The average molecular weight is 356 g/mol. The molecule has 25 heavy (non-hydrogen) atoms. The highest BCUT2D eigenvalue weighted by molar-refractivity contribution is 6.30. The van der Waals surface area contributed by atoms with Crippen LogP contribution >= 0.6 is 11.6 Å². The normalized spacial score (nSPS) is 13.2. The Balaban J connectivity index is 0.000000258. The molecule has 1 saturated heterocycles. The summed E-state index contributed by atoms with van der Waals surface area (Å²) in [6.45, 7) is 1.62. The van der Waals surface area contributed by atoms with E-state index in [9.17, 15) is 4.79 Å². The zero-order valence-electron chi connectivity index (χ0n) is 13.6. The van der Waals surface area contributed by atoms with Crippen LogP contribution in [0.5, 0.6) is 0 Å². The summed E-state index contributed by atoms with van der Waals surface area (Å²) in [5.41, 5.74) is 1.33. The Bertz CT molecular complexity index is 770. The van der Waals surface area contributed by atoms with E-state index in [4.69, 9.17) is 16.1 Å². The molecule has 0 N–H and O–H groups in total. The molecule has 5 nitrogen and oxygen atoms in total. The van der Waals surface area contributed by atoms with Gasteiger partial charge in [0.2, 0.25) is 0 Å². The van der Waals surface area contributed by atoms with Gasteiger partial charge in [-0.2, -0.15) is 0 Å². The molecule has 0 radical (unpaired) electrons. The highest BCUT2D eigenvalue weighted by Crippen LogP contribution is 2.26. The number of aromatic nitrogens is 2. The van der Waals surface area contributed by atoms with Gasteiger partial charge in [0, 0.05) is 36.1 Å². The predicted octanol–water partition coefficient (Wildman–Crippen LogP) is 4.31. The van der Waals surface area contributed by atoms with Crippen molar-refractivity contribution in [1.29, 1.82) is 0 Å². The van der Waals surface area contributed by atoms with Gasteiger partial charge >= 0.3 is 0 Å². The van der Waals surface area contributed by atoms with Crippen molar-refractivity contribution in [3.8, 4) is 11.3 Å². The summed E-state index contributed by atoms with van der Waals surface area (Å²) in [5.74, 6) is 0.497. The second-order valence-corrected chi connectivity index (χ2v) is 6.04. The lowest BCUT2D eigenvalue weighted by molar-refractivity contribution is 0.0793. The van der Waals surface area contributed by atoms with Gasteiger partial charge < -0.3 is 9.42 Å². The van der Waals surface area contributed by atoms with Crippen molar-refractivity contribution in [2.45, 2.75) is 12.8 Å². The molecule has 4 rings (SSSR count). The minimum absolute atomic E-state index is 0.0105. The van der Waals surface area contributed by atoms with Gasteiger partial charge in [-0.05, 0) is 49.2 Å². The third-order valence-electron chi connectivity index (χ3n) is 3.87. The Labute approximate surface area is 151 Å². The summed E-state index contributed by atoms with van der Waals surface area (Å²) in [5, 5.41) is 4.41. The van der Waals surface area contributed by atoms with Crippen LogP contribution in [0.1, 0.15) is 23.2 Å². The molecular formula is C19H18ClN3O2. The van der Waals surface area contributed by atoms with E-state index in [0.29, 0.717) is 16.3 Å². The Morgan fingerprint density at radius 2 is 1.72 bits per heavy atom. The topological polar surface area (TPSA) is 59.2 Å². The number of hydrogen-bond donors (Lipinski definition) is 0. The first-order chi connectivity index (χ1) is 12.3. The van der Waals surface area contributed by atoms with E-state index >= 15 is 0 Å². The number of hydrogen-bond acceptors (Lipinski definition) is 4. The van der Waals surface area contributed by atoms with E-state index in [1.807, 2.05) is 35.2 Å². The number of likely N-dealkylation sites (tertiary alicyclic amines) is 1. The van der Waals surface area contributed by atoms with Crippen LogP contribution in [0.15, 0.2) is 65.6 Å². The fourth-order valence-electron chi connectivity index (χ4n) is 2.60. The van der Waals surface area contributed by atoms with Crippen LogP contribution in [-0.4, -0.2) is 34.0 Å². The van der Waals surface area contributed by atoms with Crippen LogP contribution in [0.4, 0.5) is 0 Å². The van der Waals surface area contributed by atoms with Crippen molar-refractivity contribution < 1.29 is 9.32 Å². The SMILES string of the molecule is O=C(c1cnoc1-c1ccc(Cl)cc1)N1CCCC1.c1ccncc1. The van der Waals surface area contributed by atoms with Crippen molar-refractivity contribution in [1.82, 2.24) is 15.0 Å². The molecule has 0 bridgehead atoms. The fraction of sp³-hybridized carbons (Fsp3) is 0.211. The molecule has 1 aliphatic heterocycles. The first-order valence-corrected chi connectivity index (χ1v) is 8.48. The van der Waals surface area contributed by atoms with Gasteiger partial charge in [0.15, 0.2) is 5.76 Å². The Hall–Kier alpha value is -2.66. The van der Waals surface area contributed by atoms with Gasteiger partial charge in [-0.25, -0.2) is 0 Å². The lowest BCUT2D eigenvalue weighted by Crippen LogP contribution is -2.27. The average Bonchev–Trinajstić information content (AvgIpc) is 3.36. The second-order valence-electron chi connectivity index (χ2n) is 5.60. The smallest absolute Gasteiger partial charge is 0.259 e. The first-order valence-electron chi connectivity index (χ1n) is 8.10. The molecule has 2 aromatic heterocycles. The molecule has 3 aromatic rings. The van der Waals surface area contributed by atoms with E-state index in [1.165, 1.54) is 6.20 Å². The van der Waals surface area contributed by atoms with E-state index in [0.717, 1.165) is 31.5 Å². The van der Waals surface area contributed by atoms with Crippen molar-refractivity contribution in [2.24, 2.45) is 0 Å². The summed E-state index contributed by atoms with van der Waals surface area (Å²) < 4.78 is 5.23. The maximum Gasteiger partial charge on any atom is 0.259 e. The Kier molecular flexibility index (Phi) is 5.80. The standard InChI is InChI=1S/C14H13ClN2O2.C5H5N/c15-11-5-3-10(4-6-11)13-12(9-16-19-13)14(18)17-7-1-2-8-17;1-2-4-6-5-3-1/h3-6,9H,1-2,7-8H2;1-5H. The molecule has 0 spiro atoms. The largest absolute Gasteiger partial charge is 0.355 e. The molecule has 1 aliphatic rings. The molecule has 0 unspecified atom stereocenters. The zero-order valence-corrected chi connectivity index (χ0v) is 14.4. The molecule has 0 aliphatic carbocycles. The van der Waals surface area contributed by atoms with Crippen LogP contribution in [0, 0.1) is 0 Å². The number of rotatable bonds is 2. The quantitative estimate of drug-likeness (QED) is 0.687. The highest BCUT2D eigenvalue weighted by atomic mass is 35.5. The number of benzene rings is 1. The molecule has 1 amide bonds. The lowest BCUT2D eigenvalue weighted by atomic mass is 10.1. The summed E-state index contributed by atoms with van der Waals surface area (Å²) in [4.78, 5) is 18.0. The Morgan fingerprint density at radius 1 is 1.04 bits per heavy atom. The second kappa shape index (κ2) is 8.44. The monoisotopic (exact) mass is 355 g/mol. The van der Waals surface area contributed by atoms with Crippen molar-refractivity contribution in [2.75, 3.05) is 13.1 Å². The Morgan fingerprint density at radius 3 is 2.28 bits per heavy atom. The summed E-state index contributed by atoms with van der Waals surface area (Å²) >= 11 is 5.86. The van der Waals surface area contributed by atoms with E-state index in [1.54, 1.807) is 24.5 Å². The number of carbonyl (C=O) groups is 1. The number of amides is 1. The summed E-state index contributed by atoms with van der Waals surface area (Å²) in [6, 6.07) is 12.9. The summed E-state index contributed by atoms with van der Waals surface area (Å²) in [7, 11) is 0. The molecular weight excluding hydrogens is 338 g/mol. The zero-order chi connectivity index (χ0) is 17.5. The van der Waals surface area contributed by atoms with Gasteiger partial charge in [-0.3, -0.25) is 9.78 Å². The maximum atomic E-state index is 12.4. The van der Waals surface area contributed by atoms with Crippen molar-refractivity contribution in [3.05, 3.63) is 71.6 Å². The minimum Gasteiger partial charge on any atom is -0.355 e. The molecule has 3 heterocycles. The van der Waals surface area contributed by atoms with Crippen LogP contribution in [-0.2, 0) is 0 Å². The molecule has 128 valence electrons. The van der Waals surface area contributed by atoms with E-state index < -0.39 is 0 Å². The van der Waals surface area contributed by atoms with E-state index in [-0.39, 0.29) is 5.91 Å². The lowest BCUT2D eigenvalue weighted by Gasteiger charge is -2.14. The highest BCUT2D eigenvalue weighted by Gasteiger charge is 2.25. The number of carbonyl (C=O) groups excluding carboxylic acids is 1. The van der Waals surface area contributed by atoms with Gasteiger partial charge in [0.25, 0.3) is 5.91 Å². The third-order valence-corrected chi connectivity index (χ3v) is 4.12. The molecule has 1 aromatic carbocycles. The van der Waals surface area contributed by atoms with E-state index in [2.05, 4.69) is 10.1 Å². The number of halogens is 1. The molecule has 0 saturated carbocycles. The van der Waals surface area contributed by atoms with Crippen LogP contribution in [0.2, 0.25) is 5.02 Å². The maximum absolute atomic E-state index is 12.4. The minimum atomic E-state index is -0.0105. The number of pyridine rings is 1. The van der Waals surface area contributed by atoms with Gasteiger partial charge in [0.05, 0.1) is 6.20 Å². The van der Waals surface area contributed by atoms with Gasteiger partial charge in [-0.1, -0.05) is 22.8 Å². The van der Waals surface area contributed by atoms with Crippen molar-refractivity contribution in [3.63, 3.8) is 0 Å². The number of nitrogens with zero attached hydrogens (tertiary/aromatic N) is 3.